The van der Waals surface area contributed by atoms with E-state index in [9.17, 15) is 10.1 Å². The minimum absolute atomic E-state index is 0.0663. The third kappa shape index (κ3) is 6.27. The minimum Gasteiger partial charge on any atom is -0.349 e. The fraction of sp³-hybridized carbons (Fsp3) is 0.419. The molecule has 224 valence electrons. The van der Waals surface area contributed by atoms with E-state index in [2.05, 4.69) is 68.5 Å². The molecular weight excluding hydrogens is 547 g/mol. The highest BCUT2D eigenvalue weighted by molar-refractivity contribution is 5.69. The van der Waals surface area contributed by atoms with E-state index < -0.39 is 11.5 Å². The molecule has 12 heteroatoms. The molecule has 0 aliphatic carbocycles. The quantitative estimate of drug-likeness (QED) is 0.276. The van der Waals surface area contributed by atoms with E-state index in [1.807, 2.05) is 12.4 Å². The molecule has 0 amide bonds. The maximum Gasteiger partial charge on any atom is 0.350 e. The average molecular weight is 585 g/mol. The number of rotatable bonds is 10. The molecule has 0 radical (unpaired) electrons. The van der Waals surface area contributed by atoms with Gasteiger partial charge in [0.1, 0.15) is 24.0 Å². The fourth-order valence-electron chi connectivity index (χ4n) is 5.39. The van der Waals surface area contributed by atoms with E-state index in [0.29, 0.717) is 61.2 Å². The Hall–Kier alpha value is -4.63. The van der Waals surface area contributed by atoms with Gasteiger partial charge in [0.25, 0.3) is 0 Å². The molecule has 1 fully saturated rings. The fourth-order valence-corrected chi connectivity index (χ4v) is 5.39. The summed E-state index contributed by atoms with van der Waals surface area (Å²) in [6.07, 6.45) is 7.63. The molecule has 11 nitrogen and oxygen atoms in total. The summed E-state index contributed by atoms with van der Waals surface area (Å²) in [5, 5.41) is 14.2. The molecule has 4 heterocycles. The van der Waals surface area contributed by atoms with E-state index in [4.69, 9.17) is 0 Å². The number of benzene rings is 1. The Balaban J connectivity index is 1.32. The van der Waals surface area contributed by atoms with Crippen molar-refractivity contribution >= 4 is 11.8 Å². The lowest BCUT2D eigenvalue weighted by molar-refractivity contribution is 0.283. The third-order valence-corrected chi connectivity index (χ3v) is 8.07. The van der Waals surface area contributed by atoms with Crippen molar-refractivity contribution in [3.05, 3.63) is 76.6 Å². The van der Waals surface area contributed by atoms with Gasteiger partial charge in [0.15, 0.2) is 0 Å². The zero-order valence-corrected chi connectivity index (χ0v) is 25.1. The second kappa shape index (κ2) is 13.1. The van der Waals surface area contributed by atoms with Crippen LogP contribution in [0.25, 0.3) is 16.8 Å². The second-order valence-corrected chi connectivity index (χ2v) is 10.6. The van der Waals surface area contributed by atoms with E-state index in [1.165, 1.54) is 21.6 Å². The van der Waals surface area contributed by atoms with Crippen molar-refractivity contribution < 1.29 is 4.39 Å². The highest BCUT2D eigenvalue weighted by Gasteiger charge is 2.28. The van der Waals surface area contributed by atoms with Gasteiger partial charge in [-0.3, -0.25) is 0 Å². The number of piperazine rings is 1. The van der Waals surface area contributed by atoms with Crippen molar-refractivity contribution in [1.29, 1.82) is 5.26 Å². The highest BCUT2D eigenvalue weighted by Crippen LogP contribution is 2.29. The van der Waals surface area contributed by atoms with Crippen LogP contribution < -0.4 is 15.5 Å². The number of nitrogens with zero attached hydrogens (tertiary/aromatic N) is 10. The van der Waals surface area contributed by atoms with Gasteiger partial charge in [0.2, 0.25) is 5.95 Å². The van der Waals surface area contributed by atoms with Gasteiger partial charge >= 0.3 is 5.69 Å². The van der Waals surface area contributed by atoms with Gasteiger partial charge in [-0.25, -0.2) is 33.4 Å². The van der Waals surface area contributed by atoms with Crippen LogP contribution in [0.2, 0.25) is 0 Å². The van der Waals surface area contributed by atoms with Crippen molar-refractivity contribution in [1.82, 2.24) is 34.2 Å². The molecule has 0 saturated carbocycles. The van der Waals surface area contributed by atoms with Crippen molar-refractivity contribution in [2.45, 2.75) is 46.7 Å². The monoisotopic (exact) mass is 584 g/mol. The summed E-state index contributed by atoms with van der Waals surface area (Å²) in [5.74, 6) is 0.734. The summed E-state index contributed by atoms with van der Waals surface area (Å²) in [6.45, 7) is 13.2. The van der Waals surface area contributed by atoms with Crippen LogP contribution in [0.3, 0.4) is 0 Å². The first-order valence-electron chi connectivity index (χ1n) is 14.8. The molecule has 0 spiro atoms. The van der Waals surface area contributed by atoms with Gasteiger partial charge in [-0.15, -0.1) is 0 Å². The van der Waals surface area contributed by atoms with Crippen LogP contribution in [0.4, 0.5) is 16.2 Å². The van der Waals surface area contributed by atoms with Crippen LogP contribution in [-0.2, 0) is 13.0 Å². The van der Waals surface area contributed by atoms with Crippen molar-refractivity contribution in [3.63, 3.8) is 0 Å². The first kappa shape index (κ1) is 29.8. The molecule has 3 aromatic heterocycles. The number of hydrogen-bond acceptors (Lipinski definition) is 9. The molecule has 1 aromatic carbocycles. The predicted octanol–water partition coefficient (Wildman–Crippen LogP) is 3.52. The van der Waals surface area contributed by atoms with E-state index in [1.54, 1.807) is 24.4 Å². The van der Waals surface area contributed by atoms with Crippen LogP contribution >= 0.6 is 0 Å². The SMILES string of the molecule is CCc1cnc(N2CCN(c3ncc(-c4ccc(-n5cnn(CCN(CC)CC)c5=O)c(F)c4)cc3C#N)C(C)C2)nc1. The number of anilines is 2. The van der Waals surface area contributed by atoms with Gasteiger partial charge < -0.3 is 14.7 Å². The molecule has 5 rings (SSSR count). The van der Waals surface area contributed by atoms with Gasteiger partial charge in [-0.05, 0) is 55.8 Å². The van der Waals surface area contributed by atoms with E-state index >= 15 is 4.39 Å². The Morgan fingerprint density at radius 3 is 2.47 bits per heavy atom. The summed E-state index contributed by atoms with van der Waals surface area (Å²) >= 11 is 0. The molecule has 1 aliphatic rings. The van der Waals surface area contributed by atoms with Crippen molar-refractivity contribution in [2.24, 2.45) is 0 Å². The summed E-state index contributed by atoms with van der Waals surface area (Å²) in [7, 11) is 0. The lowest BCUT2D eigenvalue weighted by Crippen LogP contribution is -2.53. The number of nitriles is 1. The van der Waals surface area contributed by atoms with Crippen molar-refractivity contribution in [2.75, 3.05) is 49.1 Å². The summed E-state index contributed by atoms with van der Waals surface area (Å²) < 4.78 is 17.9. The van der Waals surface area contributed by atoms with Crippen LogP contribution in [0, 0.1) is 17.1 Å². The van der Waals surface area contributed by atoms with Crippen LogP contribution in [-0.4, -0.2) is 79.5 Å². The number of pyridine rings is 1. The molecule has 0 bridgehead atoms. The van der Waals surface area contributed by atoms with E-state index in [0.717, 1.165) is 25.1 Å². The Morgan fingerprint density at radius 1 is 1.05 bits per heavy atom. The van der Waals surface area contributed by atoms with Crippen LogP contribution in [0.1, 0.15) is 38.8 Å². The van der Waals surface area contributed by atoms with Crippen LogP contribution in [0.5, 0.6) is 0 Å². The molecule has 43 heavy (non-hydrogen) atoms. The summed E-state index contributed by atoms with van der Waals surface area (Å²) in [4.78, 5) is 33.1. The van der Waals surface area contributed by atoms with Gasteiger partial charge in [0, 0.05) is 56.4 Å². The normalized spacial score (nSPS) is 15.2. The highest BCUT2D eigenvalue weighted by atomic mass is 19.1. The lowest BCUT2D eigenvalue weighted by Gasteiger charge is -2.40. The zero-order chi connectivity index (χ0) is 30.5. The first-order chi connectivity index (χ1) is 20.9. The Labute approximate surface area is 250 Å². The number of likely N-dealkylation sites (N-methyl/N-ethyl adjacent to an activating group) is 1. The van der Waals surface area contributed by atoms with Crippen LogP contribution in [0.15, 0.2) is 54.0 Å². The van der Waals surface area contributed by atoms with Gasteiger partial charge in [-0.1, -0.05) is 26.8 Å². The average Bonchev–Trinajstić information content (AvgIpc) is 3.40. The molecule has 1 atom stereocenters. The number of halogens is 1. The first-order valence-corrected chi connectivity index (χ1v) is 14.8. The Kier molecular flexibility index (Phi) is 9.11. The lowest BCUT2D eigenvalue weighted by atomic mass is 10.0. The van der Waals surface area contributed by atoms with E-state index in [-0.39, 0.29) is 11.7 Å². The summed E-state index contributed by atoms with van der Waals surface area (Å²) in [6, 6.07) is 8.71. The topological polar surface area (TPSA) is 112 Å². The van der Waals surface area contributed by atoms with Gasteiger partial charge in [-0.2, -0.15) is 10.4 Å². The molecule has 1 aliphatic heterocycles. The Morgan fingerprint density at radius 2 is 1.81 bits per heavy atom. The predicted molar refractivity (Wildman–Crippen MR) is 164 cm³/mol. The largest absolute Gasteiger partial charge is 0.350 e. The molecule has 4 aromatic rings. The maximum absolute atomic E-state index is 15.3. The smallest absolute Gasteiger partial charge is 0.349 e. The number of aromatic nitrogens is 6. The second-order valence-electron chi connectivity index (χ2n) is 10.6. The molecule has 1 saturated heterocycles. The maximum atomic E-state index is 15.3. The third-order valence-electron chi connectivity index (χ3n) is 8.07. The number of hydrogen-bond donors (Lipinski definition) is 0. The summed E-state index contributed by atoms with van der Waals surface area (Å²) in [5.41, 5.74) is 2.41. The number of aryl methyl sites for hydroxylation is 1. The zero-order valence-electron chi connectivity index (χ0n) is 25.1. The molecule has 1 unspecified atom stereocenters. The molecule has 0 N–H and O–H groups in total. The Bertz CT molecular complexity index is 1650. The van der Waals surface area contributed by atoms with Crippen molar-refractivity contribution in [3.8, 4) is 22.9 Å². The molecular formula is C31H37FN10O. The minimum atomic E-state index is -0.565. The standard InChI is InChI=1S/C31H37FN10O/c1-5-23-17-35-30(36-18-23)39-11-12-40(22(4)20-39)29-25(16-33)14-26(19-34-29)24-8-9-28(27(32)15-24)41-21-37-42(31(41)43)13-10-38(6-2)7-3/h8-9,14-15,17-19,21-22H,5-7,10-13,20H2,1-4H3. The van der Waals surface area contributed by atoms with Gasteiger partial charge in [0.05, 0.1) is 17.8 Å².